The number of aliphatic hydroxyl groups excluding tert-OH is 1. The van der Waals surface area contributed by atoms with E-state index in [4.69, 9.17) is 37.9 Å². The first-order chi connectivity index (χ1) is 19.6. The molecule has 1 aliphatic heterocycles. The van der Waals surface area contributed by atoms with E-state index in [2.05, 4.69) is 0 Å². The zero-order chi connectivity index (χ0) is 28.3. The summed E-state index contributed by atoms with van der Waals surface area (Å²) in [5.41, 5.74) is 2.84. The number of aliphatic hydroxyl groups is 1. The Morgan fingerprint density at radius 3 is 1.27 bits per heavy atom. The van der Waals surface area contributed by atoms with Gasteiger partial charge in [-0.25, -0.2) is 0 Å². The smallest absolute Gasteiger partial charge is 0.186 e. The van der Waals surface area contributed by atoms with Crippen LogP contribution < -0.4 is 14.2 Å². The van der Waals surface area contributed by atoms with Gasteiger partial charge in [0, 0.05) is 7.11 Å². The van der Waals surface area contributed by atoms with Gasteiger partial charge in [0.1, 0.15) is 41.7 Å². The number of ether oxygens (including phenoxy) is 8. The molecule has 0 bridgehead atoms. The molecule has 1 aliphatic rings. The normalized spacial score (nSPS) is 22.6. The highest BCUT2D eigenvalue weighted by Gasteiger charge is 2.48. The van der Waals surface area contributed by atoms with E-state index in [0.717, 1.165) is 33.9 Å². The Labute approximate surface area is 235 Å². The van der Waals surface area contributed by atoms with Crippen LogP contribution in [0.25, 0.3) is 0 Å². The van der Waals surface area contributed by atoms with Crippen molar-refractivity contribution in [1.82, 2.24) is 0 Å². The molecule has 0 amide bonds. The second-order valence-corrected chi connectivity index (χ2v) is 9.33. The van der Waals surface area contributed by atoms with Gasteiger partial charge in [-0.05, 0) is 53.1 Å². The van der Waals surface area contributed by atoms with Gasteiger partial charge in [0.25, 0.3) is 0 Å². The zero-order valence-corrected chi connectivity index (χ0v) is 23.4. The lowest BCUT2D eigenvalue weighted by molar-refractivity contribution is -0.321. The maximum absolute atomic E-state index is 10.2. The average molecular weight is 555 g/mol. The third kappa shape index (κ3) is 7.72. The molecule has 1 fully saturated rings. The quantitative estimate of drug-likeness (QED) is 0.316. The maximum atomic E-state index is 10.2. The fourth-order valence-electron chi connectivity index (χ4n) is 4.53. The van der Waals surface area contributed by atoms with E-state index in [1.165, 1.54) is 0 Å². The van der Waals surface area contributed by atoms with E-state index in [1.807, 2.05) is 72.8 Å². The van der Waals surface area contributed by atoms with Gasteiger partial charge in [0.15, 0.2) is 6.29 Å². The minimum absolute atomic E-state index is 0.277. The van der Waals surface area contributed by atoms with Crippen molar-refractivity contribution in [3.63, 3.8) is 0 Å². The van der Waals surface area contributed by atoms with Crippen LogP contribution in [0.2, 0.25) is 0 Å². The van der Waals surface area contributed by atoms with Crippen molar-refractivity contribution in [3.05, 3.63) is 89.5 Å². The lowest BCUT2D eigenvalue weighted by Crippen LogP contribution is -2.61. The van der Waals surface area contributed by atoms with Gasteiger partial charge in [0.2, 0.25) is 0 Å². The Bertz CT molecular complexity index is 1070. The Morgan fingerprint density at radius 2 is 0.925 bits per heavy atom. The predicted molar refractivity (Wildman–Crippen MR) is 147 cm³/mol. The molecular formula is C31H38O9. The molecule has 0 aromatic heterocycles. The third-order valence-corrected chi connectivity index (χ3v) is 6.81. The summed E-state index contributed by atoms with van der Waals surface area (Å²) in [6.07, 6.45) is -3.37. The number of hydrogen-bond acceptors (Lipinski definition) is 9. The molecule has 1 saturated heterocycles. The molecule has 0 unspecified atom stereocenters. The van der Waals surface area contributed by atoms with Crippen LogP contribution in [-0.2, 0) is 43.5 Å². The van der Waals surface area contributed by atoms with Gasteiger partial charge < -0.3 is 43.0 Å². The molecular weight excluding hydrogens is 516 g/mol. The summed E-state index contributed by atoms with van der Waals surface area (Å²) in [6, 6.07) is 22.9. The molecule has 3 aromatic carbocycles. The van der Waals surface area contributed by atoms with Crippen LogP contribution in [0.15, 0.2) is 72.8 Å². The number of benzene rings is 3. The standard InChI is InChI=1S/C31H38O9/c1-33-24-11-5-21(6-12-24)18-37-28-27(17-32)40-31(36-4)30(39-20-23-9-15-26(35-3)16-10-23)29(28)38-19-22-7-13-25(34-2)14-8-22/h5-16,27-32H,17-20H2,1-4H3/t27-,28+,29+,30-,31+/m1/s1. The van der Waals surface area contributed by atoms with Crippen LogP contribution in [0.5, 0.6) is 17.2 Å². The molecule has 0 saturated carbocycles. The van der Waals surface area contributed by atoms with Gasteiger partial charge in [-0.1, -0.05) is 36.4 Å². The summed E-state index contributed by atoms with van der Waals surface area (Å²) in [7, 11) is 6.42. The van der Waals surface area contributed by atoms with E-state index in [9.17, 15) is 5.11 Å². The highest BCUT2D eigenvalue weighted by atomic mass is 16.7. The fourth-order valence-corrected chi connectivity index (χ4v) is 4.53. The summed E-state index contributed by atoms with van der Waals surface area (Å²) >= 11 is 0. The summed E-state index contributed by atoms with van der Waals surface area (Å²) < 4.78 is 46.8. The minimum atomic E-state index is -0.780. The largest absolute Gasteiger partial charge is 0.497 e. The van der Waals surface area contributed by atoms with Crippen LogP contribution in [-0.4, -0.2) is 70.9 Å². The lowest BCUT2D eigenvalue weighted by atomic mass is 9.98. The third-order valence-electron chi connectivity index (χ3n) is 6.81. The minimum Gasteiger partial charge on any atom is -0.497 e. The number of rotatable bonds is 14. The van der Waals surface area contributed by atoms with Crippen LogP contribution in [0.4, 0.5) is 0 Å². The van der Waals surface area contributed by atoms with E-state index < -0.39 is 30.7 Å². The molecule has 4 rings (SSSR count). The zero-order valence-electron chi connectivity index (χ0n) is 23.4. The Morgan fingerprint density at radius 1 is 0.550 bits per heavy atom. The summed E-state index contributed by atoms with van der Waals surface area (Å²) in [5, 5.41) is 10.2. The molecule has 0 aliphatic carbocycles. The van der Waals surface area contributed by atoms with Crippen molar-refractivity contribution in [2.24, 2.45) is 0 Å². The van der Waals surface area contributed by atoms with Crippen molar-refractivity contribution in [1.29, 1.82) is 0 Å². The first-order valence-corrected chi connectivity index (χ1v) is 13.1. The van der Waals surface area contributed by atoms with E-state index in [0.29, 0.717) is 0 Å². The number of hydrogen-bond donors (Lipinski definition) is 1. The summed E-state index contributed by atoms with van der Waals surface area (Å²) in [4.78, 5) is 0. The molecule has 3 aromatic rings. The maximum Gasteiger partial charge on any atom is 0.186 e. The summed E-state index contributed by atoms with van der Waals surface area (Å²) in [6.45, 7) is 0.573. The first kappa shape index (κ1) is 29.8. The molecule has 216 valence electrons. The fraction of sp³-hybridized carbons (Fsp3) is 0.419. The topological polar surface area (TPSA) is 94.1 Å². The Balaban J connectivity index is 1.56. The van der Waals surface area contributed by atoms with Crippen molar-refractivity contribution < 1.29 is 43.0 Å². The van der Waals surface area contributed by atoms with Crippen molar-refractivity contribution in [2.45, 2.75) is 50.5 Å². The Kier molecular flexibility index (Phi) is 11.2. The monoisotopic (exact) mass is 554 g/mol. The van der Waals surface area contributed by atoms with E-state index in [-0.39, 0.29) is 26.4 Å². The van der Waals surface area contributed by atoms with E-state index >= 15 is 0 Å². The van der Waals surface area contributed by atoms with Crippen LogP contribution >= 0.6 is 0 Å². The van der Waals surface area contributed by atoms with E-state index in [1.54, 1.807) is 28.4 Å². The SMILES string of the molecule is COc1ccc(CO[C@H]2[C@@H](OCc3ccc(OC)cc3)[C@@H](CO)O[C@H](OC)[C@@H]2OCc2ccc(OC)cc2)cc1. The lowest BCUT2D eigenvalue weighted by Gasteiger charge is -2.45. The second-order valence-electron chi connectivity index (χ2n) is 9.33. The molecule has 9 nitrogen and oxygen atoms in total. The van der Waals surface area contributed by atoms with Crippen molar-refractivity contribution in [2.75, 3.05) is 35.0 Å². The van der Waals surface area contributed by atoms with Gasteiger partial charge >= 0.3 is 0 Å². The molecule has 0 spiro atoms. The summed E-state index contributed by atoms with van der Waals surface area (Å²) in [5.74, 6) is 2.28. The molecule has 9 heteroatoms. The highest BCUT2D eigenvalue weighted by Crippen LogP contribution is 2.31. The Hall–Kier alpha value is -3.18. The van der Waals surface area contributed by atoms with Crippen molar-refractivity contribution in [3.8, 4) is 17.2 Å². The van der Waals surface area contributed by atoms with Gasteiger partial charge in [0.05, 0.1) is 47.8 Å². The molecule has 5 atom stereocenters. The molecule has 0 radical (unpaired) electrons. The first-order valence-electron chi connectivity index (χ1n) is 13.1. The molecule has 1 heterocycles. The van der Waals surface area contributed by atoms with Crippen LogP contribution in [0.1, 0.15) is 16.7 Å². The van der Waals surface area contributed by atoms with Gasteiger partial charge in [-0.3, -0.25) is 0 Å². The van der Waals surface area contributed by atoms with Gasteiger partial charge in [-0.2, -0.15) is 0 Å². The number of methoxy groups -OCH3 is 4. The average Bonchev–Trinajstić information content (AvgIpc) is 3.02. The van der Waals surface area contributed by atoms with Crippen molar-refractivity contribution >= 4 is 0 Å². The molecule has 1 N–H and O–H groups in total. The predicted octanol–water partition coefficient (Wildman–Crippen LogP) is 4.13. The van der Waals surface area contributed by atoms with Gasteiger partial charge in [-0.15, -0.1) is 0 Å². The second kappa shape index (κ2) is 15.0. The molecule has 40 heavy (non-hydrogen) atoms. The van der Waals surface area contributed by atoms with Crippen LogP contribution in [0, 0.1) is 0 Å². The highest BCUT2D eigenvalue weighted by molar-refractivity contribution is 5.28. The van der Waals surface area contributed by atoms with Crippen LogP contribution in [0.3, 0.4) is 0 Å².